The number of carbonyl (C=O) groups is 1. The van der Waals surface area contributed by atoms with Gasteiger partial charge in [0.15, 0.2) is 0 Å². The minimum atomic E-state index is -0.142. The fraction of sp³-hybridized carbons (Fsp3) is 0.350. The number of amides is 2. The highest BCUT2D eigenvalue weighted by Gasteiger charge is 2.11. The first-order valence-electron chi connectivity index (χ1n) is 8.75. The maximum Gasteiger partial charge on any atom is 0.319 e. The molecule has 1 aliphatic rings. The zero-order valence-corrected chi connectivity index (χ0v) is 14.0. The fourth-order valence-corrected chi connectivity index (χ4v) is 3.05. The summed E-state index contributed by atoms with van der Waals surface area (Å²) in [7, 11) is 0. The smallest absolute Gasteiger partial charge is 0.319 e. The van der Waals surface area contributed by atoms with Crippen LogP contribution >= 0.6 is 0 Å². The van der Waals surface area contributed by atoms with Crippen LogP contribution in [0.2, 0.25) is 0 Å². The van der Waals surface area contributed by atoms with Crippen LogP contribution in [0.4, 0.5) is 16.2 Å². The first kappa shape index (κ1) is 16.4. The van der Waals surface area contributed by atoms with Crippen LogP contribution in [0.25, 0.3) is 0 Å². The Morgan fingerprint density at radius 1 is 0.958 bits per heavy atom. The van der Waals surface area contributed by atoms with Crippen LogP contribution in [-0.4, -0.2) is 25.7 Å². The Labute approximate surface area is 143 Å². The maximum atomic E-state index is 11.9. The van der Waals surface area contributed by atoms with E-state index in [1.54, 1.807) is 0 Å². The SMILES string of the molecule is O=C(NCCCc1ccccc1)Nc1ccc(N2CCCC2)cc1. The topological polar surface area (TPSA) is 44.4 Å². The van der Waals surface area contributed by atoms with Crippen LogP contribution in [0.5, 0.6) is 0 Å². The second kappa shape index (κ2) is 8.39. The molecule has 1 saturated heterocycles. The predicted molar refractivity (Wildman–Crippen MR) is 99.7 cm³/mol. The van der Waals surface area contributed by atoms with E-state index in [1.807, 2.05) is 30.3 Å². The Bertz CT molecular complexity index is 634. The van der Waals surface area contributed by atoms with Crippen molar-refractivity contribution in [3.8, 4) is 0 Å². The van der Waals surface area contributed by atoms with Gasteiger partial charge in [-0.1, -0.05) is 30.3 Å². The molecule has 1 aliphatic heterocycles. The molecular formula is C20H25N3O. The highest BCUT2D eigenvalue weighted by molar-refractivity contribution is 5.89. The van der Waals surface area contributed by atoms with Crippen LogP contribution in [-0.2, 0) is 6.42 Å². The lowest BCUT2D eigenvalue weighted by Gasteiger charge is -2.17. The van der Waals surface area contributed by atoms with Crippen molar-refractivity contribution in [1.82, 2.24) is 5.32 Å². The number of benzene rings is 2. The highest BCUT2D eigenvalue weighted by atomic mass is 16.2. The zero-order chi connectivity index (χ0) is 16.6. The van der Waals surface area contributed by atoms with Crippen LogP contribution < -0.4 is 15.5 Å². The summed E-state index contributed by atoms with van der Waals surface area (Å²) in [5, 5.41) is 5.80. The van der Waals surface area contributed by atoms with Crippen molar-refractivity contribution in [2.75, 3.05) is 29.9 Å². The number of urea groups is 1. The second-order valence-corrected chi connectivity index (χ2v) is 6.21. The lowest BCUT2D eigenvalue weighted by atomic mass is 10.1. The van der Waals surface area contributed by atoms with Gasteiger partial charge in [-0.2, -0.15) is 0 Å². The van der Waals surface area contributed by atoms with Gasteiger partial charge in [0, 0.05) is 31.0 Å². The molecule has 2 aromatic rings. The zero-order valence-electron chi connectivity index (χ0n) is 14.0. The molecule has 4 heteroatoms. The molecule has 0 saturated carbocycles. The monoisotopic (exact) mass is 323 g/mol. The molecule has 1 heterocycles. The number of nitrogens with zero attached hydrogens (tertiary/aromatic N) is 1. The molecule has 0 radical (unpaired) electrons. The largest absolute Gasteiger partial charge is 0.372 e. The van der Waals surface area contributed by atoms with Gasteiger partial charge in [-0.3, -0.25) is 0 Å². The van der Waals surface area contributed by atoms with E-state index >= 15 is 0 Å². The first-order chi connectivity index (χ1) is 11.8. The average Bonchev–Trinajstić information content (AvgIpc) is 3.15. The molecule has 2 N–H and O–H groups in total. The van der Waals surface area contributed by atoms with Crippen LogP contribution in [0.3, 0.4) is 0 Å². The molecule has 24 heavy (non-hydrogen) atoms. The number of anilines is 2. The van der Waals surface area contributed by atoms with E-state index in [9.17, 15) is 4.79 Å². The summed E-state index contributed by atoms with van der Waals surface area (Å²) in [5.74, 6) is 0. The van der Waals surface area contributed by atoms with Crippen molar-refractivity contribution in [3.63, 3.8) is 0 Å². The Morgan fingerprint density at radius 2 is 1.67 bits per heavy atom. The molecule has 0 bridgehead atoms. The number of carbonyl (C=O) groups excluding carboxylic acids is 1. The van der Waals surface area contributed by atoms with Gasteiger partial charge in [0.05, 0.1) is 0 Å². The standard InChI is InChI=1S/C20H25N3O/c24-20(21-14-6-9-17-7-2-1-3-8-17)22-18-10-12-19(13-11-18)23-15-4-5-16-23/h1-3,7-8,10-13H,4-6,9,14-16H2,(H2,21,22,24). The molecular weight excluding hydrogens is 298 g/mol. The van der Waals surface area contributed by atoms with E-state index in [-0.39, 0.29) is 6.03 Å². The minimum Gasteiger partial charge on any atom is -0.372 e. The number of rotatable bonds is 6. The van der Waals surface area contributed by atoms with Gasteiger partial charge in [-0.15, -0.1) is 0 Å². The normalized spacial score (nSPS) is 13.8. The number of hydrogen-bond donors (Lipinski definition) is 2. The second-order valence-electron chi connectivity index (χ2n) is 6.21. The van der Waals surface area contributed by atoms with E-state index in [0.29, 0.717) is 6.54 Å². The number of aryl methyl sites for hydroxylation is 1. The summed E-state index contributed by atoms with van der Waals surface area (Å²) in [6.07, 6.45) is 4.45. The molecule has 0 aliphatic carbocycles. The molecule has 0 unspecified atom stereocenters. The third-order valence-electron chi connectivity index (χ3n) is 4.37. The molecule has 2 amide bonds. The van der Waals surface area contributed by atoms with Gasteiger partial charge >= 0.3 is 6.03 Å². The Morgan fingerprint density at radius 3 is 2.38 bits per heavy atom. The molecule has 0 atom stereocenters. The third-order valence-corrected chi connectivity index (χ3v) is 4.37. The van der Waals surface area contributed by atoms with Gasteiger partial charge in [-0.25, -0.2) is 4.79 Å². The third kappa shape index (κ3) is 4.75. The van der Waals surface area contributed by atoms with Crippen molar-refractivity contribution >= 4 is 17.4 Å². The minimum absolute atomic E-state index is 0.142. The van der Waals surface area contributed by atoms with E-state index in [4.69, 9.17) is 0 Å². The van der Waals surface area contributed by atoms with Crippen LogP contribution in [0.1, 0.15) is 24.8 Å². The van der Waals surface area contributed by atoms with Gasteiger partial charge < -0.3 is 15.5 Å². The Hall–Kier alpha value is -2.49. The van der Waals surface area contributed by atoms with Crippen LogP contribution in [0, 0.1) is 0 Å². The number of nitrogens with one attached hydrogen (secondary N) is 2. The summed E-state index contributed by atoms with van der Waals surface area (Å²) in [5.41, 5.74) is 3.37. The molecule has 2 aromatic carbocycles. The van der Waals surface area contributed by atoms with Crippen molar-refractivity contribution < 1.29 is 4.79 Å². The van der Waals surface area contributed by atoms with Crippen molar-refractivity contribution in [2.24, 2.45) is 0 Å². The van der Waals surface area contributed by atoms with E-state index < -0.39 is 0 Å². The average molecular weight is 323 g/mol. The van der Waals surface area contributed by atoms with Crippen LogP contribution in [0.15, 0.2) is 54.6 Å². The first-order valence-corrected chi connectivity index (χ1v) is 8.75. The predicted octanol–water partition coefficient (Wildman–Crippen LogP) is 4.04. The fourth-order valence-electron chi connectivity index (χ4n) is 3.05. The summed E-state index contributed by atoms with van der Waals surface area (Å²) in [6, 6.07) is 18.3. The molecule has 3 rings (SSSR count). The highest BCUT2D eigenvalue weighted by Crippen LogP contribution is 2.21. The maximum absolute atomic E-state index is 11.9. The summed E-state index contributed by atoms with van der Waals surface area (Å²) >= 11 is 0. The molecule has 1 fully saturated rings. The molecule has 0 aromatic heterocycles. The number of hydrogen-bond acceptors (Lipinski definition) is 2. The molecule has 4 nitrogen and oxygen atoms in total. The van der Waals surface area contributed by atoms with E-state index in [1.165, 1.54) is 24.1 Å². The van der Waals surface area contributed by atoms with Crippen molar-refractivity contribution in [3.05, 3.63) is 60.2 Å². The van der Waals surface area contributed by atoms with Gasteiger partial charge in [-0.05, 0) is 55.5 Å². The Balaban J connectivity index is 1.38. The van der Waals surface area contributed by atoms with Crippen molar-refractivity contribution in [2.45, 2.75) is 25.7 Å². The lowest BCUT2D eigenvalue weighted by Crippen LogP contribution is -2.29. The molecule has 126 valence electrons. The summed E-state index contributed by atoms with van der Waals surface area (Å²) in [4.78, 5) is 14.3. The van der Waals surface area contributed by atoms with E-state index in [0.717, 1.165) is 31.6 Å². The lowest BCUT2D eigenvalue weighted by molar-refractivity contribution is 0.252. The van der Waals surface area contributed by atoms with Gasteiger partial charge in [0.1, 0.15) is 0 Å². The summed E-state index contributed by atoms with van der Waals surface area (Å²) in [6.45, 7) is 2.94. The van der Waals surface area contributed by atoms with Crippen molar-refractivity contribution in [1.29, 1.82) is 0 Å². The summed E-state index contributed by atoms with van der Waals surface area (Å²) < 4.78 is 0. The quantitative estimate of drug-likeness (QED) is 0.788. The molecule has 0 spiro atoms. The van der Waals surface area contributed by atoms with E-state index in [2.05, 4.69) is 39.8 Å². The Kier molecular flexibility index (Phi) is 5.72. The van der Waals surface area contributed by atoms with Gasteiger partial charge in [0.2, 0.25) is 0 Å². The van der Waals surface area contributed by atoms with Gasteiger partial charge in [0.25, 0.3) is 0 Å².